The van der Waals surface area contributed by atoms with Crippen LogP contribution < -0.4 is 10.9 Å². The van der Waals surface area contributed by atoms with E-state index >= 15 is 0 Å². The van der Waals surface area contributed by atoms with E-state index in [0.29, 0.717) is 41.1 Å². The normalized spacial score (nSPS) is 16.5. The summed E-state index contributed by atoms with van der Waals surface area (Å²) in [5.41, 5.74) is 2.21. The van der Waals surface area contributed by atoms with E-state index in [1.807, 2.05) is 24.3 Å². The minimum Gasteiger partial charge on any atom is -0.382 e. The van der Waals surface area contributed by atoms with Crippen LogP contribution in [0.5, 0.6) is 0 Å². The van der Waals surface area contributed by atoms with Crippen molar-refractivity contribution < 1.29 is 9.59 Å². The van der Waals surface area contributed by atoms with Crippen LogP contribution in [0.15, 0.2) is 47.3 Å². The highest BCUT2D eigenvalue weighted by molar-refractivity contribution is 6.03. The van der Waals surface area contributed by atoms with Crippen molar-refractivity contribution in [3.05, 3.63) is 75.6 Å². The number of benzene rings is 2. The fourth-order valence-electron chi connectivity index (χ4n) is 3.96. The standard InChI is InChI=1S/C23H20N4O3/c1-14-26-19-9-5-8-18(25-13-15-6-3-4-7-17(15)24-2)22(19)23(30)27(14)20-11-10-16(28)12-21(20)29/h3-9,20,25H,10-13H2,1H3. The summed E-state index contributed by atoms with van der Waals surface area (Å²) in [6.45, 7) is 9.39. The molecule has 0 radical (unpaired) electrons. The van der Waals surface area contributed by atoms with Crippen molar-refractivity contribution in [1.29, 1.82) is 0 Å². The van der Waals surface area contributed by atoms with Gasteiger partial charge in [-0.15, -0.1) is 0 Å². The summed E-state index contributed by atoms with van der Waals surface area (Å²) in [6, 6.07) is 12.0. The van der Waals surface area contributed by atoms with Crippen LogP contribution in [-0.2, 0) is 16.1 Å². The van der Waals surface area contributed by atoms with E-state index < -0.39 is 6.04 Å². The van der Waals surface area contributed by atoms with Crippen LogP contribution in [0.2, 0.25) is 0 Å². The number of aryl methyl sites for hydroxylation is 1. The molecule has 0 amide bonds. The molecule has 1 heterocycles. The van der Waals surface area contributed by atoms with Gasteiger partial charge in [-0.05, 0) is 31.0 Å². The third kappa shape index (κ3) is 3.48. The third-order valence-corrected chi connectivity index (χ3v) is 5.44. The molecule has 1 atom stereocenters. The van der Waals surface area contributed by atoms with Crippen molar-refractivity contribution in [2.45, 2.75) is 38.8 Å². The smallest absolute Gasteiger partial charge is 0.264 e. The Morgan fingerprint density at radius 3 is 2.73 bits per heavy atom. The van der Waals surface area contributed by atoms with Crippen molar-refractivity contribution in [3.63, 3.8) is 0 Å². The lowest BCUT2D eigenvalue weighted by Gasteiger charge is -2.24. The predicted molar refractivity (Wildman–Crippen MR) is 114 cm³/mol. The zero-order valence-electron chi connectivity index (χ0n) is 16.5. The third-order valence-electron chi connectivity index (χ3n) is 5.44. The van der Waals surface area contributed by atoms with Gasteiger partial charge in [-0.25, -0.2) is 9.83 Å². The van der Waals surface area contributed by atoms with Crippen LogP contribution in [-0.4, -0.2) is 21.1 Å². The number of carbonyl (C=O) groups excluding carboxylic acids is 2. The molecule has 1 aromatic heterocycles. The molecule has 150 valence electrons. The van der Waals surface area contributed by atoms with Gasteiger partial charge >= 0.3 is 0 Å². The summed E-state index contributed by atoms with van der Waals surface area (Å²) in [4.78, 5) is 45.6. The summed E-state index contributed by atoms with van der Waals surface area (Å²) in [5.74, 6) is 0.126. The number of hydrogen-bond acceptors (Lipinski definition) is 5. The van der Waals surface area contributed by atoms with E-state index in [1.165, 1.54) is 4.57 Å². The average Bonchev–Trinajstić information content (AvgIpc) is 2.73. The van der Waals surface area contributed by atoms with Gasteiger partial charge in [-0.1, -0.05) is 30.3 Å². The quantitative estimate of drug-likeness (QED) is 0.533. The Balaban J connectivity index is 1.77. The Morgan fingerprint density at radius 1 is 1.17 bits per heavy atom. The number of ketones is 2. The molecule has 3 aromatic rings. The topological polar surface area (TPSA) is 85.4 Å². The molecule has 1 saturated carbocycles. The molecule has 1 aliphatic rings. The second kappa shape index (κ2) is 7.91. The number of aromatic nitrogens is 2. The number of anilines is 1. The van der Waals surface area contributed by atoms with Gasteiger partial charge in [0.1, 0.15) is 11.6 Å². The maximum absolute atomic E-state index is 13.4. The second-order valence-electron chi connectivity index (χ2n) is 7.36. The largest absolute Gasteiger partial charge is 0.382 e. The van der Waals surface area contributed by atoms with Crippen LogP contribution >= 0.6 is 0 Å². The second-order valence-corrected chi connectivity index (χ2v) is 7.36. The van der Waals surface area contributed by atoms with Crippen LogP contribution in [0, 0.1) is 13.5 Å². The summed E-state index contributed by atoms with van der Waals surface area (Å²) in [5, 5.41) is 3.65. The van der Waals surface area contributed by atoms with Crippen LogP contribution in [0.1, 0.15) is 36.7 Å². The lowest BCUT2D eigenvalue weighted by atomic mass is 9.92. The molecule has 0 spiro atoms. The molecule has 0 bridgehead atoms. The fourth-order valence-corrected chi connectivity index (χ4v) is 3.96. The van der Waals surface area contributed by atoms with Crippen molar-refractivity contribution in [1.82, 2.24) is 9.55 Å². The number of nitrogens with zero attached hydrogens (tertiary/aromatic N) is 3. The molecular weight excluding hydrogens is 380 g/mol. The first-order valence-corrected chi connectivity index (χ1v) is 9.75. The lowest BCUT2D eigenvalue weighted by Crippen LogP contribution is -2.36. The van der Waals surface area contributed by atoms with Crippen molar-refractivity contribution in [3.8, 4) is 0 Å². The van der Waals surface area contributed by atoms with E-state index in [0.717, 1.165) is 5.56 Å². The summed E-state index contributed by atoms with van der Waals surface area (Å²) in [6.07, 6.45) is 0.467. The minimum absolute atomic E-state index is 0.0865. The SMILES string of the molecule is [C-]#[N+]c1ccccc1CNc1cccc2nc(C)n(C3CCC(=O)CC3=O)c(=O)c12. The first kappa shape index (κ1) is 19.5. The maximum Gasteiger partial charge on any atom is 0.264 e. The van der Waals surface area contributed by atoms with E-state index in [-0.39, 0.29) is 30.0 Å². The molecule has 4 rings (SSSR count). The van der Waals surface area contributed by atoms with Gasteiger partial charge in [0.05, 0.1) is 29.9 Å². The average molecular weight is 400 g/mol. The highest BCUT2D eigenvalue weighted by Crippen LogP contribution is 2.27. The monoisotopic (exact) mass is 400 g/mol. The molecule has 1 N–H and O–H groups in total. The van der Waals surface area contributed by atoms with Gasteiger partial charge in [0.2, 0.25) is 0 Å². The first-order chi connectivity index (χ1) is 14.5. The van der Waals surface area contributed by atoms with Crippen molar-refractivity contribution >= 4 is 33.8 Å². The zero-order chi connectivity index (χ0) is 21.3. The Bertz CT molecular complexity index is 1270. The molecule has 7 nitrogen and oxygen atoms in total. The number of fused-ring (bicyclic) bond motifs is 1. The van der Waals surface area contributed by atoms with Crippen LogP contribution in [0.25, 0.3) is 15.7 Å². The number of nitrogens with one attached hydrogen (secondary N) is 1. The van der Waals surface area contributed by atoms with Crippen molar-refractivity contribution in [2.75, 3.05) is 5.32 Å². The summed E-state index contributed by atoms with van der Waals surface area (Å²) >= 11 is 0. The molecule has 0 saturated heterocycles. The van der Waals surface area contributed by atoms with E-state index in [1.54, 1.807) is 25.1 Å². The number of rotatable bonds is 4. The van der Waals surface area contributed by atoms with Gasteiger partial charge in [0.15, 0.2) is 11.5 Å². The fraction of sp³-hybridized carbons (Fsp3) is 0.261. The number of carbonyl (C=O) groups is 2. The summed E-state index contributed by atoms with van der Waals surface area (Å²) in [7, 11) is 0. The van der Waals surface area contributed by atoms with Crippen LogP contribution in [0.3, 0.4) is 0 Å². The van der Waals surface area contributed by atoms with Gasteiger partial charge in [0, 0.05) is 18.7 Å². The molecule has 7 heteroatoms. The predicted octanol–water partition coefficient (Wildman–Crippen LogP) is 3.73. The number of Topliss-reactive ketones (excluding diaryl/α,β-unsaturated/α-hetero) is 2. The Hall–Kier alpha value is -3.79. The Kier molecular flexibility index (Phi) is 5.15. The summed E-state index contributed by atoms with van der Waals surface area (Å²) < 4.78 is 1.43. The molecule has 2 aromatic carbocycles. The van der Waals surface area contributed by atoms with E-state index in [4.69, 9.17) is 6.57 Å². The highest BCUT2D eigenvalue weighted by Gasteiger charge is 2.31. The highest BCUT2D eigenvalue weighted by atomic mass is 16.2. The molecule has 30 heavy (non-hydrogen) atoms. The van der Waals surface area contributed by atoms with E-state index in [9.17, 15) is 14.4 Å². The molecule has 1 fully saturated rings. The minimum atomic E-state index is -0.664. The van der Waals surface area contributed by atoms with Gasteiger partial charge < -0.3 is 5.32 Å². The number of para-hydroxylation sites is 1. The number of hydrogen-bond donors (Lipinski definition) is 1. The van der Waals surface area contributed by atoms with Gasteiger partial charge in [-0.2, -0.15) is 0 Å². The van der Waals surface area contributed by atoms with E-state index in [2.05, 4.69) is 15.1 Å². The van der Waals surface area contributed by atoms with Gasteiger partial charge in [0.25, 0.3) is 5.56 Å². The van der Waals surface area contributed by atoms with Crippen LogP contribution in [0.4, 0.5) is 11.4 Å². The molecule has 1 unspecified atom stereocenters. The lowest BCUT2D eigenvalue weighted by molar-refractivity contribution is -0.132. The van der Waals surface area contributed by atoms with Gasteiger partial charge in [-0.3, -0.25) is 19.0 Å². The molecule has 1 aliphatic carbocycles. The molecule has 0 aliphatic heterocycles. The Labute approximate surface area is 173 Å². The maximum atomic E-state index is 13.4. The first-order valence-electron chi connectivity index (χ1n) is 9.75. The Morgan fingerprint density at radius 2 is 1.97 bits per heavy atom. The van der Waals surface area contributed by atoms with Crippen molar-refractivity contribution in [2.24, 2.45) is 0 Å². The zero-order valence-corrected chi connectivity index (χ0v) is 16.5. The molecular formula is C23H20N4O3.